The van der Waals surface area contributed by atoms with Crippen molar-refractivity contribution < 1.29 is 4.79 Å². The van der Waals surface area contributed by atoms with Crippen LogP contribution in [0.4, 0.5) is 5.82 Å². The molecule has 0 fully saturated rings. The third-order valence-corrected chi connectivity index (χ3v) is 3.69. The molecule has 0 saturated carbocycles. The van der Waals surface area contributed by atoms with Crippen molar-refractivity contribution in [1.82, 2.24) is 25.0 Å². The van der Waals surface area contributed by atoms with Crippen molar-refractivity contribution in [3.8, 4) is 11.1 Å². The number of rotatable bonds is 6. The van der Waals surface area contributed by atoms with Gasteiger partial charge in [0.1, 0.15) is 5.82 Å². The van der Waals surface area contributed by atoms with Gasteiger partial charge in [-0.15, -0.1) is 0 Å². The Hall–Kier alpha value is -3.00. The van der Waals surface area contributed by atoms with Gasteiger partial charge in [0.2, 0.25) is 5.91 Å². The summed E-state index contributed by atoms with van der Waals surface area (Å²) in [5.41, 5.74) is 8.86. The minimum Gasteiger partial charge on any atom is -0.320 e. The van der Waals surface area contributed by atoms with Crippen LogP contribution in [0.5, 0.6) is 0 Å². The molecule has 0 aliphatic rings. The van der Waals surface area contributed by atoms with E-state index in [-0.39, 0.29) is 5.91 Å². The maximum absolute atomic E-state index is 12.2. The predicted octanol–water partition coefficient (Wildman–Crippen LogP) is 1.10. The fraction of sp³-hybridized carbons (Fsp3) is 0.250. The molecule has 8 nitrogen and oxygen atoms in total. The lowest BCUT2D eigenvalue weighted by Crippen LogP contribution is -2.36. The van der Waals surface area contributed by atoms with Crippen molar-refractivity contribution >= 4 is 11.7 Å². The molecule has 3 aromatic rings. The lowest BCUT2D eigenvalue weighted by atomic mass is 10.1. The van der Waals surface area contributed by atoms with E-state index >= 15 is 0 Å². The molecular formula is C16H19N7O. The Morgan fingerprint density at radius 2 is 2.29 bits per heavy atom. The Kier molecular flexibility index (Phi) is 4.66. The van der Waals surface area contributed by atoms with E-state index < -0.39 is 6.04 Å². The predicted molar refractivity (Wildman–Crippen MR) is 90.0 cm³/mol. The zero-order chi connectivity index (χ0) is 16.9. The van der Waals surface area contributed by atoms with Gasteiger partial charge in [0.05, 0.1) is 18.4 Å². The third kappa shape index (κ3) is 3.85. The van der Waals surface area contributed by atoms with Crippen molar-refractivity contribution in [2.45, 2.75) is 18.9 Å². The quantitative estimate of drug-likeness (QED) is 0.628. The van der Waals surface area contributed by atoms with Crippen LogP contribution in [-0.4, -0.2) is 36.9 Å². The summed E-state index contributed by atoms with van der Waals surface area (Å²) in [6.07, 6.45) is 10.1. The van der Waals surface area contributed by atoms with E-state index in [1.807, 2.05) is 19.3 Å². The summed E-state index contributed by atoms with van der Waals surface area (Å²) < 4.78 is 1.72. The molecule has 0 spiro atoms. The van der Waals surface area contributed by atoms with Crippen LogP contribution in [0.15, 0.2) is 43.1 Å². The number of pyridine rings is 1. The number of H-pyrrole nitrogens is 1. The lowest BCUT2D eigenvalue weighted by Gasteiger charge is -2.11. The molecule has 3 rings (SSSR count). The summed E-state index contributed by atoms with van der Waals surface area (Å²) in [5.74, 6) is 0.217. The van der Waals surface area contributed by atoms with Crippen LogP contribution in [0, 0.1) is 0 Å². The van der Waals surface area contributed by atoms with E-state index in [0.29, 0.717) is 18.7 Å². The molecule has 1 unspecified atom stereocenters. The maximum Gasteiger partial charge on any atom is 0.242 e. The molecule has 0 bridgehead atoms. The zero-order valence-corrected chi connectivity index (χ0v) is 13.3. The monoisotopic (exact) mass is 325 g/mol. The van der Waals surface area contributed by atoms with Crippen LogP contribution >= 0.6 is 0 Å². The lowest BCUT2D eigenvalue weighted by molar-refractivity contribution is -0.117. The van der Waals surface area contributed by atoms with Gasteiger partial charge in [-0.05, 0) is 36.1 Å². The first kappa shape index (κ1) is 15.9. The topological polar surface area (TPSA) is 115 Å². The smallest absolute Gasteiger partial charge is 0.242 e. The highest BCUT2D eigenvalue weighted by Gasteiger charge is 2.15. The normalized spacial score (nSPS) is 12.1. The van der Waals surface area contributed by atoms with Gasteiger partial charge in [-0.3, -0.25) is 14.6 Å². The molecule has 124 valence electrons. The summed E-state index contributed by atoms with van der Waals surface area (Å²) in [6.45, 7) is 0. The van der Waals surface area contributed by atoms with Crippen LogP contribution in [0.25, 0.3) is 11.1 Å². The van der Waals surface area contributed by atoms with Crippen molar-refractivity contribution in [2.24, 2.45) is 12.8 Å². The molecule has 0 aliphatic carbocycles. The van der Waals surface area contributed by atoms with Crippen molar-refractivity contribution in [3.05, 3.63) is 48.7 Å². The summed E-state index contributed by atoms with van der Waals surface area (Å²) >= 11 is 0. The first-order valence-electron chi connectivity index (χ1n) is 7.61. The molecule has 4 N–H and O–H groups in total. The van der Waals surface area contributed by atoms with Gasteiger partial charge in [-0.1, -0.05) is 0 Å². The number of carbonyl (C=O) groups is 1. The average molecular weight is 325 g/mol. The summed E-state index contributed by atoms with van der Waals surface area (Å²) in [6, 6.07) is 3.06. The Morgan fingerprint density at radius 3 is 3.00 bits per heavy atom. The first-order chi connectivity index (χ1) is 11.6. The van der Waals surface area contributed by atoms with E-state index in [4.69, 9.17) is 5.73 Å². The molecular weight excluding hydrogens is 306 g/mol. The molecule has 1 amide bonds. The van der Waals surface area contributed by atoms with Gasteiger partial charge in [-0.25, -0.2) is 4.98 Å². The number of carbonyl (C=O) groups excluding carboxylic acids is 1. The number of amides is 1. The average Bonchev–Trinajstić information content (AvgIpc) is 3.24. The van der Waals surface area contributed by atoms with Crippen molar-refractivity contribution in [2.75, 3.05) is 5.32 Å². The SMILES string of the molecule is Cn1cc(-c2ccnc(NC(=O)C(N)CCc3cn[nH]c3)c2)cn1. The van der Waals surface area contributed by atoms with Gasteiger partial charge < -0.3 is 11.1 Å². The molecule has 3 aromatic heterocycles. The Balaban J connectivity index is 1.61. The van der Waals surface area contributed by atoms with Gasteiger partial charge in [0.25, 0.3) is 0 Å². The zero-order valence-electron chi connectivity index (χ0n) is 13.3. The van der Waals surface area contributed by atoms with E-state index in [9.17, 15) is 4.79 Å². The van der Waals surface area contributed by atoms with Gasteiger partial charge in [0, 0.05) is 31.2 Å². The molecule has 3 heterocycles. The van der Waals surface area contributed by atoms with Crippen LogP contribution in [-0.2, 0) is 18.3 Å². The molecule has 0 aromatic carbocycles. The second-order valence-electron chi connectivity index (χ2n) is 5.57. The molecule has 1 atom stereocenters. The standard InChI is InChI=1S/C16H19N7O/c1-23-10-13(9-21-23)12-4-5-18-15(6-12)22-16(24)14(17)3-2-11-7-19-20-8-11/h4-10,14H,2-3,17H2,1H3,(H,19,20)(H,18,22,24). The molecule has 0 saturated heterocycles. The second kappa shape index (κ2) is 7.05. The Labute approximate surface area is 139 Å². The van der Waals surface area contributed by atoms with Crippen molar-refractivity contribution in [3.63, 3.8) is 0 Å². The minimum absolute atomic E-state index is 0.255. The van der Waals surface area contributed by atoms with E-state index in [0.717, 1.165) is 16.7 Å². The van der Waals surface area contributed by atoms with E-state index in [1.54, 1.807) is 35.5 Å². The number of aromatic nitrogens is 5. The number of aryl methyl sites for hydroxylation is 2. The summed E-state index contributed by atoms with van der Waals surface area (Å²) in [4.78, 5) is 16.4. The van der Waals surface area contributed by atoms with Crippen LogP contribution in [0.2, 0.25) is 0 Å². The van der Waals surface area contributed by atoms with Crippen LogP contribution < -0.4 is 11.1 Å². The second-order valence-corrected chi connectivity index (χ2v) is 5.57. The first-order valence-corrected chi connectivity index (χ1v) is 7.61. The maximum atomic E-state index is 12.2. The number of nitrogens with zero attached hydrogens (tertiary/aromatic N) is 4. The van der Waals surface area contributed by atoms with E-state index in [2.05, 4.69) is 25.6 Å². The number of anilines is 1. The summed E-state index contributed by atoms with van der Waals surface area (Å²) in [5, 5.41) is 13.5. The van der Waals surface area contributed by atoms with Crippen LogP contribution in [0.1, 0.15) is 12.0 Å². The van der Waals surface area contributed by atoms with Gasteiger partial charge in [0.15, 0.2) is 0 Å². The minimum atomic E-state index is -0.608. The molecule has 8 heteroatoms. The Morgan fingerprint density at radius 1 is 1.42 bits per heavy atom. The summed E-state index contributed by atoms with van der Waals surface area (Å²) in [7, 11) is 1.85. The van der Waals surface area contributed by atoms with Crippen LogP contribution in [0.3, 0.4) is 0 Å². The largest absolute Gasteiger partial charge is 0.320 e. The van der Waals surface area contributed by atoms with Gasteiger partial charge >= 0.3 is 0 Å². The molecule has 0 aliphatic heterocycles. The number of hydrogen-bond donors (Lipinski definition) is 3. The number of hydrogen-bond acceptors (Lipinski definition) is 5. The Bertz CT molecular complexity index is 809. The fourth-order valence-corrected chi connectivity index (χ4v) is 2.34. The molecule has 0 radical (unpaired) electrons. The highest BCUT2D eigenvalue weighted by Crippen LogP contribution is 2.20. The fourth-order valence-electron chi connectivity index (χ4n) is 2.34. The highest BCUT2D eigenvalue weighted by atomic mass is 16.2. The van der Waals surface area contributed by atoms with Gasteiger partial charge in [-0.2, -0.15) is 10.2 Å². The number of nitrogens with one attached hydrogen (secondary N) is 2. The molecule has 24 heavy (non-hydrogen) atoms. The highest BCUT2D eigenvalue weighted by molar-refractivity contribution is 5.94. The van der Waals surface area contributed by atoms with Crippen molar-refractivity contribution in [1.29, 1.82) is 0 Å². The third-order valence-electron chi connectivity index (χ3n) is 3.69. The van der Waals surface area contributed by atoms with E-state index in [1.165, 1.54) is 0 Å². The number of nitrogens with two attached hydrogens (primary N) is 1. The number of aromatic amines is 1.